The molecule has 148 valence electrons. The van der Waals surface area contributed by atoms with Crippen molar-refractivity contribution < 1.29 is 4.74 Å². The van der Waals surface area contributed by atoms with E-state index in [0.29, 0.717) is 11.8 Å². The van der Waals surface area contributed by atoms with E-state index in [0.717, 1.165) is 11.4 Å². The third-order valence-electron chi connectivity index (χ3n) is 7.21. The summed E-state index contributed by atoms with van der Waals surface area (Å²) in [5.41, 5.74) is 1.27. The van der Waals surface area contributed by atoms with E-state index in [4.69, 9.17) is 4.74 Å². The molecule has 5 nitrogen and oxygen atoms in total. The number of nitrogens with one attached hydrogen (secondary N) is 2. The van der Waals surface area contributed by atoms with Gasteiger partial charge >= 0.3 is 0 Å². The smallest absolute Gasteiger partial charge is 0.113 e. The van der Waals surface area contributed by atoms with Crippen LogP contribution in [0.2, 0.25) is 0 Å². The molecule has 0 aliphatic heterocycles. The van der Waals surface area contributed by atoms with Crippen LogP contribution in [0.1, 0.15) is 89.4 Å². The van der Waals surface area contributed by atoms with Gasteiger partial charge in [0.05, 0.1) is 24.0 Å². The fraction of sp³-hybridized carbons (Fsp3) is 0.727. The lowest BCUT2D eigenvalue weighted by Gasteiger charge is -2.48. The minimum Gasteiger partial charge on any atom is -0.356 e. The van der Waals surface area contributed by atoms with Gasteiger partial charge in [0.15, 0.2) is 0 Å². The first-order chi connectivity index (χ1) is 13.1. The van der Waals surface area contributed by atoms with E-state index >= 15 is 0 Å². The van der Waals surface area contributed by atoms with Gasteiger partial charge in [-0.05, 0) is 51.4 Å². The van der Waals surface area contributed by atoms with E-state index in [1.807, 2.05) is 12.4 Å². The van der Waals surface area contributed by atoms with Crippen molar-refractivity contribution in [2.24, 2.45) is 11.8 Å². The third-order valence-corrected chi connectivity index (χ3v) is 7.21. The average Bonchev–Trinajstić information content (AvgIpc) is 3.43. The molecule has 5 heteroatoms. The second-order valence-corrected chi connectivity index (χ2v) is 8.89. The van der Waals surface area contributed by atoms with E-state index in [-0.39, 0.29) is 0 Å². The van der Waals surface area contributed by atoms with E-state index in [1.54, 1.807) is 12.7 Å². The average molecular weight is 371 g/mol. The first-order valence-corrected chi connectivity index (χ1v) is 10.8. The minimum atomic E-state index is -0.397. The Morgan fingerprint density at radius 2 is 1.15 bits per heavy atom. The molecule has 0 bridgehead atoms. The lowest BCUT2D eigenvalue weighted by molar-refractivity contribution is -0.213. The fourth-order valence-electron chi connectivity index (χ4n) is 5.50. The van der Waals surface area contributed by atoms with E-state index in [1.165, 1.54) is 64.2 Å². The number of hydrogen-bond acceptors (Lipinski definition) is 3. The second-order valence-electron chi connectivity index (χ2n) is 8.89. The quantitative estimate of drug-likeness (QED) is 0.711. The van der Waals surface area contributed by atoms with Gasteiger partial charge in [-0.2, -0.15) is 0 Å². The number of aromatic nitrogens is 4. The van der Waals surface area contributed by atoms with Crippen molar-refractivity contribution in [3.05, 3.63) is 36.4 Å². The SMILES string of the molecule is CC(OC(C)(c1c[nH]cn1)C1CCCCC1)(c1c[nH]cn1)C1CCCCC1. The number of H-pyrrole nitrogens is 2. The zero-order chi connectivity index (χ0) is 18.7. The zero-order valence-electron chi connectivity index (χ0n) is 16.8. The molecule has 2 saturated carbocycles. The van der Waals surface area contributed by atoms with Crippen LogP contribution in [0.3, 0.4) is 0 Å². The Bertz CT molecular complexity index is 626. The van der Waals surface area contributed by atoms with E-state index in [9.17, 15) is 0 Å². The standard InChI is InChI=1S/C22H34N4O/c1-21(19-13-23-15-25-19,17-9-5-3-6-10-17)27-22(2,20-14-24-16-26-20)18-11-7-4-8-12-18/h13-18H,3-12H2,1-2H3,(H,23,25)(H,24,26). The molecule has 0 radical (unpaired) electrons. The van der Waals surface area contributed by atoms with Crippen molar-refractivity contribution in [1.29, 1.82) is 0 Å². The van der Waals surface area contributed by atoms with Crippen LogP contribution in [0.4, 0.5) is 0 Å². The van der Waals surface area contributed by atoms with Crippen molar-refractivity contribution in [3.8, 4) is 0 Å². The zero-order valence-corrected chi connectivity index (χ0v) is 16.8. The number of aromatic amines is 2. The predicted molar refractivity (Wildman–Crippen MR) is 106 cm³/mol. The van der Waals surface area contributed by atoms with Crippen molar-refractivity contribution in [1.82, 2.24) is 19.9 Å². The molecule has 2 N–H and O–H groups in total. The van der Waals surface area contributed by atoms with Crippen molar-refractivity contribution in [2.75, 3.05) is 0 Å². The second kappa shape index (κ2) is 7.78. The summed E-state index contributed by atoms with van der Waals surface area (Å²) < 4.78 is 7.23. The van der Waals surface area contributed by atoms with Gasteiger partial charge in [0.2, 0.25) is 0 Å². The largest absolute Gasteiger partial charge is 0.356 e. The molecular formula is C22H34N4O. The third kappa shape index (κ3) is 3.58. The highest BCUT2D eigenvalue weighted by Crippen LogP contribution is 2.50. The summed E-state index contributed by atoms with van der Waals surface area (Å²) in [6.45, 7) is 4.54. The van der Waals surface area contributed by atoms with E-state index < -0.39 is 11.2 Å². The van der Waals surface area contributed by atoms with Gasteiger partial charge in [-0.15, -0.1) is 0 Å². The molecule has 2 aliphatic carbocycles. The van der Waals surface area contributed by atoms with Crippen LogP contribution in [0.5, 0.6) is 0 Å². The van der Waals surface area contributed by atoms with Gasteiger partial charge in [0, 0.05) is 12.4 Å². The van der Waals surface area contributed by atoms with Gasteiger partial charge in [-0.1, -0.05) is 38.5 Å². The lowest BCUT2D eigenvalue weighted by Crippen LogP contribution is -2.47. The molecule has 4 rings (SSSR count). The molecule has 2 heterocycles. The van der Waals surface area contributed by atoms with Crippen molar-refractivity contribution >= 4 is 0 Å². The van der Waals surface area contributed by atoms with Crippen LogP contribution >= 0.6 is 0 Å². The summed E-state index contributed by atoms with van der Waals surface area (Å²) in [6.07, 6.45) is 20.3. The minimum absolute atomic E-state index is 0.397. The maximum Gasteiger partial charge on any atom is 0.113 e. The Morgan fingerprint density at radius 1 is 0.741 bits per heavy atom. The van der Waals surface area contributed by atoms with Gasteiger partial charge in [0.25, 0.3) is 0 Å². The first-order valence-electron chi connectivity index (χ1n) is 10.8. The molecule has 0 saturated heterocycles. The van der Waals surface area contributed by atoms with Crippen LogP contribution in [-0.4, -0.2) is 19.9 Å². The first kappa shape index (κ1) is 18.7. The van der Waals surface area contributed by atoms with Crippen molar-refractivity contribution in [3.63, 3.8) is 0 Å². The van der Waals surface area contributed by atoms with Crippen LogP contribution in [0, 0.1) is 11.8 Å². The summed E-state index contributed by atoms with van der Waals surface area (Å²) in [5.74, 6) is 0.993. The molecule has 0 amide bonds. The van der Waals surface area contributed by atoms with Gasteiger partial charge < -0.3 is 14.7 Å². The molecule has 2 unspecified atom stereocenters. The summed E-state index contributed by atoms with van der Waals surface area (Å²) in [6, 6.07) is 0. The van der Waals surface area contributed by atoms with Crippen molar-refractivity contribution in [2.45, 2.75) is 89.3 Å². The van der Waals surface area contributed by atoms with Crippen LogP contribution < -0.4 is 0 Å². The lowest BCUT2D eigenvalue weighted by atomic mass is 9.73. The van der Waals surface area contributed by atoms with Crippen LogP contribution in [0.15, 0.2) is 25.0 Å². The Hall–Kier alpha value is -1.62. The number of imidazole rings is 2. The Balaban J connectivity index is 1.71. The molecule has 27 heavy (non-hydrogen) atoms. The molecule has 2 aromatic rings. The maximum atomic E-state index is 7.23. The Morgan fingerprint density at radius 3 is 1.48 bits per heavy atom. The maximum absolute atomic E-state index is 7.23. The summed E-state index contributed by atoms with van der Waals surface area (Å²) in [5, 5.41) is 0. The molecule has 2 aromatic heterocycles. The number of rotatable bonds is 6. The molecule has 2 fully saturated rings. The molecule has 0 aromatic carbocycles. The number of ether oxygens (including phenoxy) is 1. The number of nitrogens with zero attached hydrogens (tertiary/aromatic N) is 2. The molecule has 0 spiro atoms. The molecule has 2 aliphatic rings. The highest BCUT2D eigenvalue weighted by Gasteiger charge is 2.49. The predicted octanol–water partition coefficient (Wildman–Crippen LogP) is 5.44. The fourth-order valence-corrected chi connectivity index (χ4v) is 5.50. The highest BCUT2D eigenvalue weighted by molar-refractivity contribution is 5.16. The normalized spacial score (nSPS) is 24.4. The highest BCUT2D eigenvalue weighted by atomic mass is 16.5. The number of hydrogen-bond donors (Lipinski definition) is 2. The van der Waals surface area contributed by atoms with Gasteiger partial charge in [-0.25, -0.2) is 9.97 Å². The molecular weight excluding hydrogens is 336 g/mol. The van der Waals surface area contributed by atoms with E-state index in [2.05, 4.69) is 33.8 Å². The summed E-state index contributed by atoms with van der Waals surface area (Å²) >= 11 is 0. The molecule has 2 atom stereocenters. The Labute approximate surface area is 162 Å². The van der Waals surface area contributed by atoms with Crippen LogP contribution in [-0.2, 0) is 15.9 Å². The van der Waals surface area contributed by atoms with Crippen LogP contribution in [0.25, 0.3) is 0 Å². The monoisotopic (exact) mass is 370 g/mol. The van der Waals surface area contributed by atoms with Gasteiger partial charge in [0.1, 0.15) is 11.2 Å². The van der Waals surface area contributed by atoms with Gasteiger partial charge in [-0.3, -0.25) is 0 Å². The summed E-state index contributed by atoms with van der Waals surface area (Å²) in [4.78, 5) is 15.7. The summed E-state index contributed by atoms with van der Waals surface area (Å²) in [7, 11) is 0. The Kier molecular flexibility index (Phi) is 5.40. The topological polar surface area (TPSA) is 66.6 Å².